The second kappa shape index (κ2) is 4.25. The number of nitrogens with zero attached hydrogens (tertiary/aromatic N) is 3. The van der Waals surface area contributed by atoms with E-state index in [1.807, 2.05) is 18.9 Å². The van der Waals surface area contributed by atoms with Gasteiger partial charge in [-0.1, -0.05) is 0 Å². The molecular weight excluding hydrogens is 204 g/mol. The molecule has 0 atom stereocenters. The fourth-order valence-corrected chi connectivity index (χ4v) is 1.69. The zero-order valence-corrected chi connectivity index (χ0v) is 9.77. The number of hydrogen-bond acceptors (Lipinski definition) is 5. The van der Waals surface area contributed by atoms with Crippen molar-refractivity contribution in [1.29, 1.82) is 0 Å². The third-order valence-electron chi connectivity index (χ3n) is 2.91. The van der Waals surface area contributed by atoms with E-state index in [2.05, 4.69) is 9.97 Å². The SMILES string of the molecule is Cc1c(N)nc(C2CC2)nc1N(C)CCO. The van der Waals surface area contributed by atoms with Crippen molar-refractivity contribution in [2.24, 2.45) is 0 Å². The lowest BCUT2D eigenvalue weighted by atomic mass is 10.2. The maximum absolute atomic E-state index is 8.93. The quantitative estimate of drug-likeness (QED) is 0.783. The monoisotopic (exact) mass is 222 g/mol. The van der Waals surface area contributed by atoms with Gasteiger partial charge in [-0.15, -0.1) is 0 Å². The highest BCUT2D eigenvalue weighted by atomic mass is 16.3. The zero-order valence-electron chi connectivity index (χ0n) is 9.77. The highest BCUT2D eigenvalue weighted by Gasteiger charge is 2.28. The molecule has 1 aromatic heterocycles. The van der Waals surface area contributed by atoms with Gasteiger partial charge < -0.3 is 15.7 Å². The maximum atomic E-state index is 8.93. The number of nitrogens with two attached hydrogens (primary N) is 1. The standard InChI is InChI=1S/C11H18N4O/c1-7-9(12)13-10(8-3-4-8)14-11(7)15(2)5-6-16/h8,16H,3-6H2,1-2H3,(H2,12,13,14). The van der Waals surface area contributed by atoms with Gasteiger partial charge in [0.25, 0.3) is 0 Å². The smallest absolute Gasteiger partial charge is 0.137 e. The highest BCUT2D eigenvalue weighted by molar-refractivity contribution is 5.56. The Morgan fingerprint density at radius 3 is 2.69 bits per heavy atom. The topological polar surface area (TPSA) is 75.3 Å². The number of likely N-dealkylation sites (N-methyl/N-ethyl adjacent to an activating group) is 1. The number of aliphatic hydroxyl groups is 1. The van der Waals surface area contributed by atoms with Crippen LogP contribution in [0.2, 0.25) is 0 Å². The Balaban J connectivity index is 2.33. The van der Waals surface area contributed by atoms with E-state index in [0.717, 1.165) is 30.0 Å². The first-order valence-electron chi connectivity index (χ1n) is 5.59. The Bertz CT molecular complexity index is 390. The summed E-state index contributed by atoms with van der Waals surface area (Å²) in [6, 6.07) is 0. The minimum atomic E-state index is 0.110. The number of anilines is 2. The Hall–Kier alpha value is -1.36. The van der Waals surface area contributed by atoms with Crippen LogP contribution < -0.4 is 10.6 Å². The number of rotatable bonds is 4. The van der Waals surface area contributed by atoms with Crippen LogP contribution in [0.15, 0.2) is 0 Å². The van der Waals surface area contributed by atoms with Gasteiger partial charge in [0.2, 0.25) is 0 Å². The van der Waals surface area contributed by atoms with Crippen molar-refractivity contribution < 1.29 is 5.11 Å². The summed E-state index contributed by atoms with van der Waals surface area (Å²) >= 11 is 0. The molecule has 0 radical (unpaired) electrons. The lowest BCUT2D eigenvalue weighted by molar-refractivity contribution is 0.303. The fraction of sp³-hybridized carbons (Fsp3) is 0.636. The predicted octanol–water partition coefficient (Wildman–Crippen LogP) is 0.673. The van der Waals surface area contributed by atoms with Gasteiger partial charge in [-0.05, 0) is 19.8 Å². The van der Waals surface area contributed by atoms with Crippen molar-refractivity contribution in [2.75, 3.05) is 30.8 Å². The third kappa shape index (κ3) is 2.09. The summed E-state index contributed by atoms with van der Waals surface area (Å²) in [4.78, 5) is 10.8. The highest BCUT2D eigenvalue weighted by Crippen LogP contribution is 2.39. The Morgan fingerprint density at radius 1 is 1.44 bits per heavy atom. The van der Waals surface area contributed by atoms with Gasteiger partial charge in [-0.3, -0.25) is 0 Å². The lowest BCUT2D eigenvalue weighted by Gasteiger charge is -2.20. The Labute approximate surface area is 95.3 Å². The van der Waals surface area contributed by atoms with E-state index in [1.165, 1.54) is 0 Å². The maximum Gasteiger partial charge on any atom is 0.137 e. The summed E-state index contributed by atoms with van der Waals surface area (Å²) in [5.41, 5.74) is 6.77. The molecule has 1 heterocycles. The molecule has 0 aromatic carbocycles. The average molecular weight is 222 g/mol. The molecule has 0 unspecified atom stereocenters. The van der Waals surface area contributed by atoms with Gasteiger partial charge in [0.1, 0.15) is 17.5 Å². The van der Waals surface area contributed by atoms with Crippen LogP contribution in [0.1, 0.15) is 30.1 Å². The lowest BCUT2D eigenvalue weighted by Crippen LogP contribution is -2.24. The summed E-state index contributed by atoms with van der Waals surface area (Å²) in [6.07, 6.45) is 2.32. The summed E-state index contributed by atoms with van der Waals surface area (Å²) in [6.45, 7) is 2.58. The van der Waals surface area contributed by atoms with Gasteiger partial charge in [0.05, 0.1) is 6.61 Å². The van der Waals surface area contributed by atoms with Crippen LogP contribution in [0.3, 0.4) is 0 Å². The van der Waals surface area contributed by atoms with E-state index in [0.29, 0.717) is 18.3 Å². The largest absolute Gasteiger partial charge is 0.395 e. The molecule has 5 heteroatoms. The van der Waals surface area contributed by atoms with Crippen molar-refractivity contribution >= 4 is 11.6 Å². The van der Waals surface area contributed by atoms with Gasteiger partial charge in [-0.25, -0.2) is 9.97 Å². The minimum Gasteiger partial charge on any atom is -0.395 e. The molecule has 1 aromatic rings. The van der Waals surface area contributed by atoms with Crippen LogP contribution in [0.5, 0.6) is 0 Å². The van der Waals surface area contributed by atoms with Gasteiger partial charge in [0.15, 0.2) is 0 Å². The van der Waals surface area contributed by atoms with E-state index >= 15 is 0 Å². The van der Waals surface area contributed by atoms with E-state index in [4.69, 9.17) is 10.8 Å². The molecule has 5 nitrogen and oxygen atoms in total. The number of hydrogen-bond donors (Lipinski definition) is 2. The molecule has 0 aliphatic heterocycles. The molecule has 1 aliphatic carbocycles. The predicted molar refractivity (Wildman–Crippen MR) is 63.5 cm³/mol. The average Bonchev–Trinajstić information content (AvgIpc) is 3.05. The Kier molecular flexibility index (Phi) is 2.96. The molecule has 1 saturated carbocycles. The van der Waals surface area contributed by atoms with E-state index < -0.39 is 0 Å². The molecule has 0 saturated heterocycles. The van der Waals surface area contributed by atoms with Crippen LogP contribution in [0, 0.1) is 6.92 Å². The van der Waals surface area contributed by atoms with Gasteiger partial charge >= 0.3 is 0 Å². The first-order chi connectivity index (χ1) is 7.63. The van der Waals surface area contributed by atoms with E-state index in [9.17, 15) is 0 Å². The van der Waals surface area contributed by atoms with Crippen LogP contribution in [0.4, 0.5) is 11.6 Å². The molecule has 1 aliphatic rings. The van der Waals surface area contributed by atoms with Crippen molar-refractivity contribution in [3.05, 3.63) is 11.4 Å². The van der Waals surface area contributed by atoms with Crippen LogP contribution in [-0.4, -0.2) is 35.3 Å². The second-order valence-electron chi connectivity index (χ2n) is 4.34. The van der Waals surface area contributed by atoms with Crippen molar-refractivity contribution in [1.82, 2.24) is 9.97 Å². The van der Waals surface area contributed by atoms with Crippen LogP contribution in [0.25, 0.3) is 0 Å². The molecule has 16 heavy (non-hydrogen) atoms. The van der Waals surface area contributed by atoms with E-state index in [1.54, 1.807) is 0 Å². The zero-order chi connectivity index (χ0) is 11.7. The third-order valence-corrected chi connectivity index (χ3v) is 2.91. The van der Waals surface area contributed by atoms with E-state index in [-0.39, 0.29) is 6.61 Å². The van der Waals surface area contributed by atoms with Crippen molar-refractivity contribution in [2.45, 2.75) is 25.7 Å². The van der Waals surface area contributed by atoms with Crippen LogP contribution >= 0.6 is 0 Å². The molecule has 3 N–H and O–H groups in total. The van der Waals surface area contributed by atoms with Gasteiger partial charge in [0, 0.05) is 25.1 Å². The first-order valence-corrected chi connectivity index (χ1v) is 5.59. The summed E-state index contributed by atoms with van der Waals surface area (Å²) in [5, 5.41) is 8.93. The Morgan fingerprint density at radius 2 is 2.12 bits per heavy atom. The fourth-order valence-electron chi connectivity index (χ4n) is 1.69. The van der Waals surface area contributed by atoms with Crippen molar-refractivity contribution in [3.63, 3.8) is 0 Å². The number of aliphatic hydroxyl groups excluding tert-OH is 1. The summed E-state index contributed by atoms with van der Waals surface area (Å²) in [5.74, 6) is 2.73. The molecular formula is C11H18N4O. The van der Waals surface area contributed by atoms with Crippen LogP contribution in [-0.2, 0) is 0 Å². The summed E-state index contributed by atoms with van der Waals surface area (Å²) in [7, 11) is 1.90. The normalized spacial score (nSPS) is 15.2. The molecule has 0 bridgehead atoms. The molecule has 2 rings (SSSR count). The molecule has 0 spiro atoms. The minimum absolute atomic E-state index is 0.110. The molecule has 1 fully saturated rings. The molecule has 0 amide bonds. The number of aromatic nitrogens is 2. The van der Waals surface area contributed by atoms with Gasteiger partial charge in [-0.2, -0.15) is 0 Å². The summed E-state index contributed by atoms with van der Waals surface area (Å²) < 4.78 is 0. The van der Waals surface area contributed by atoms with Crippen molar-refractivity contribution in [3.8, 4) is 0 Å². The second-order valence-corrected chi connectivity index (χ2v) is 4.34. The number of nitrogen functional groups attached to an aromatic ring is 1. The molecule has 88 valence electrons. The first kappa shape index (κ1) is 11.1.